The van der Waals surface area contributed by atoms with E-state index in [9.17, 15) is 0 Å². The fraction of sp³-hybridized carbons (Fsp3) is 0.111. The largest absolute Gasteiger partial charge is 0.362 e. The second-order valence-electron chi connectivity index (χ2n) is 3.10. The van der Waals surface area contributed by atoms with Crippen LogP contribution in [0.2, 0.25) is 0 Å². The number of fused-ring (bicyclic) bond motifs is 1. The average molecular weight is 232 g/mol. The first kappa shape index (κ1) is 9.22. The number of thiazole rings is 1. The van der Waals surface area contributed by atoms with Gasteiger partial charge in [-0.15, -0.1) is 11.3 Å². The summed E-state index contributed by atoms with van der Waals surface area (Å²) < 4.78 is 0. The van der Waals surface area contributed by atoms with E-state index in [4.69, 9.17) is 0 Å². The molecule has 0 saturated heterocycles. The highest BCUT2D eigenvalue weighted by molar-refractivity contribution is 7.09. The lowest BCUT2D eigenvalue weighted by Gasteiger charge is -2.02. The number of rotatable bonds is 3. The molecule has 0 radical (unpaired) electrons. The predicted octanol–water partition coefficient (Wildman–Crippen LogP) is 1.42. The molecule has 0 bridgehead atoms. The Labute approximate surface area is 94.8 Å². The maximum atomic E-state index is 4.19. The maximum Gasteiger partial charge on any atom is 0.182 e. The smallest absolute Gasteiger partial charge is 0.182 e. The van der Waals surface area contributed by atoms with Crippen LogP contribution in [0.15, 0.2) is 24.2 Å². The van der Waals surface area contributed by atoms with Gasteiger partial charge in [-0.3, -0.25) is 0 Å². The first-order valence-corrected chi connectivity index (χ1v) is 5.58. The molecule has 0 atom stereocenters. The zero-order valence-electron chi connectivity index (χ0n) is 8.21. The Bertz CT molecular complexity index is 587. The summed E-state index contributed by atoms with van der Waals surface area (Å²) in [4.78, 5) is 19.5. The SMILES string of the molecule is c1csc(CNc2ncnc3nc[nH]c23)n1. The molecule has 0 unspecified atom stereocenters. The quantitative estimate of drug-likeness (QED) is 0.714. The van der Waals surface area contributed by atoms with Gasteiger partial charge in [-0.2, -0.15) is 0 Å². The number of imidazole rings is 1. The van der Waals surface area contributed by atoms with E-state index in [2.05, 4.69) is 30.2 Å². The Morgan fingerprint density at radius 1 is 1.25 bits per heavy atom. The minimum Gasteiger partial charge on any atom is -0.362 e. The molecule has 3 aromatic heterocycles. The van der Waals surface area contributed by atoms with Gasteiger partial charge in [-0.05, 0) is 0 Å². The fourth-order valence-electron chi connectivity index (χ4n) is 1.40. The molecule has 3 heterocycles. The van der Waals surface area contributed by atoms with Crippen LogP contribution in [0.25, 0.3) is 11.2 Å². The highest BCUT2D eigenvalue weighted by atomic mass is 32.1. The van der Waals surface area contributed by atoms with Crippen molar-refractivity contribution in [3.05, 3.63) is 29.2 Å². The maximum absolute atomic E-state index is 4.19. The standard InChI is InChI=1S/C9H8N6S/c1-2-16-6(10-1)3-11-8-7-9(13-4-12-7)15-5-14-8/h1-2,4-5H,3H2,(H2,11,12,13,14,15). The van der Waals surface area contributed by atoms with Crippen molar-refractivity contribution in [3.8, 4) is 0 Å². The predicted molar refractivity (Wildman–Crippen MR) is 61.1 cm³/mol. The van der Waals surface area contributed by atoms with Gasteiger partial charge < -0.3 is 10.3 Å². The number of nitrogens with zero attached hydrogens (tertiary/aromatic N) is 4. The summed E-state index contributed by atoms with van der Waals surface area (Å²) in [5.41, 5.74) is 1.48. The molecule has 0 aliphatic carbocycles. The summed E-state index contributed by atoms with van der Waals surface area (Å²) in [7, 11) is 0. The molecule has 0 fully saturated rings. The van der Waals surface area contributed by atoms with Crippen molar-refractivity contribution in [1.82, 2.24) is 24.9 Å². The molecule has 3 aromatic rings. The molecule has 0 amide bonds. The summed E-state index contributed by atoms with van der Waals surface area (Å²) in [6, 6.07) is 0. The third kappa shape index (κ3) is 1.61. The molecule has 0 aromatic carbocycles. The minimum absolute atomic E-state index is 0.656. The third-order valence-electron chi connectivity index (χ3n) is 2.11. The lowest BCUT2D eigenvalue weighted by Crippen LogP contribution is -2.02. The van der Waals surface area contributed by atoms with Gasteiger partial charge >= 0.3 is 0 Å². The van der Waals surface area contributed by atoms with Gasteiger partial charge in [-0.1, -0.05) is 0 Å². The zero-order chi connectivity index (χ0) is 10.8. The van der Waals surface area contributed by atoms with Crippen LogP contribution in [-0.4, -0.2) is 24.9 Å². The van der Waals surface area contributed by atoms with Crippen LogP contribution < -0.4 is 5.32 Å². The van der Waals surface area contributed by atoms with E-state index in [0.717, 1.165) is 16.3 Å². The van der Waals surface area contributed by atoms with Gasteiger partial charge in [0.2, 0.25) is 0 Å². The summed E-state index contributed by atoms with van der Waals surface area (Å²) in [5, 5.41) is 6.17. The van der Waals surface area contributed by atoms with Crippen LogP contribution in [-0.2, 0) is 6.54 Å². The van der Waals surface area contributed by atoms with E-state index < -0.39 is 0 Å². The van der Waals surface area contributed by atoms with Crippen LogP contribution in [0.5, 0.6) is 0 Å². The molecule has 2 N–H and O–H groups in total. The lowest BCUT2D eigenvalue weighted by molar-refractivity contribution is 1.07. The molecule has 0 saturated carbocycles. The normalized spacial score (nSPS) is 10.8. The van der Waals surface area contributed by atoms with Crippen molar-refractivity contribution < 1.29 is 0 Å². The first-order chi connectivity index (χ1) is 7.93. The van der Waals surface area contributed by atoms with Crippen LogP contribution >= 0.6 is 11.3 Å². The van der Waals surface area contributed by atoms with Crippen molar-refractivity contribution in [1.29, 1.82) is 0 Å². The minimum atomic E-state index is 0.656. The zero-order valence-corrected chi connectivity index (χ0v) is 9.03. The molecule has 80 valence electrons. The van der Waals surface area contributed by atoms with Crippen molar-refractivity contribution in [2.24, 2.45) is 0 Å². The highest BCUT2D eigenvalue weighted by Crippen LogP contribution is 2.15. The molecule has 3 rings (SSSR count). The average Bonchev–Trinajstić information content (AvgIpc) is 2.97. The van der Waals surface area contributed by atoms with Crippen molar-refractivity contribution in [3.63, 3.8) is 0 Å². The number of hydrogen-bond acceptors (Lipinski definition) is 6. The molecule has 7 heteroatoms. The van der Waals surface area contributed by atoms with Crippen LogP contribution in [0, 0.1) is 0 Å². The number of H-pyrrole nitrogens is 1. The van der Waals surface area contributed by atoms with Gasteiger partial charge in [0.05, 0.1) is 12.9 Å². The van der Waals surface area contributed by atoms with Crippen molar-refractivity contribution in [2.45, 2.75) is 6.54 Å². The molecule has 16 heavy (non-hydrogen) atoms. The number of aromatic amines is 1. The number of anilines is 1. The molecule has 0 aliphatic rings. The Hall–Kier alpha value is -2.02. The van der Waals surface area contributed by atoms with E-state index in [0.29, 0.717) is 12.2 Å². The van der Waals surface area contributed by atoms with E-state index >= 15 is 0 Å². The van der Waals surface area contributed by atoms with Crippen molar-refractivity contribution >= 4 is 28.3 Å². The summed E-state index contributed by atoms with van der Waals surface area (Å²) in [5.74, 6) is 0.748. The van der Waals surface area contributed by atoms with Crippen molar-refractivity contribution in [2.75, 3.05) is 5.32 Å². The summed E-state index contributed by atoms with van der Waals surface area (Å²) >= 11 is 1.61. The van der Waals surface area contributed by atoms with Crippen LogP contribution in [0.4, 0.5) is 5.82 Å². The topological polar surface area (TPSA) is 79.4 Å². The number of nitrogens with one attached hydrogen (secondary N) is 2. The second-order valence-corrected chi connectivity index (χ2v) is 4.08. The molecule has 0 spiro atoms. The van der Waals surface area contributed by atoms with Gasteiger partial charge in [0.15, 0.2) is 11.5 Å². The lowest BCUT2D eigenvalue weighted by atomic mass is 10.5. The van der Waals surface area contributed by atoms with Gasteiger partial charge in [0.1, 0.15) is 16.9 Å². The summed E-state index contributed by atoms with van der Waals surface area (Å²) in [6.45, 7) is 0.656. The van der Waals surface area contributed by atoms with Crippen LogP contribution in [0.3, 0.4) is 0 Å². The van der Waals surface area contributed by atoms with E-state index in [1.165, 1.54) is 6.33 Å². The Morgan fingerprint density at radius 2 is 2.25 bits per heavy atom. The van der Waals surface area contributed by atoms with Crippen LogP contribution in [0.1, 0.15) is 5.01 Å². The Kier molecular flexibility index (Phi) is 2.22. The van der Waals surface area contributed by atoms with Gasteiger partial charge in [0, 0.05) is 11.6 Å². The number of hydrogen-bond donors (Lipinski definition) is 2. The first-order valence-electron chi connectivity index (χ1n) is 4.70. The van der Waals surface area contributed by atoms with E-state index in [-0.39, 0.29) is 0 Å². The van der Waals surface area contributed by atoms with E-state index in [1.54, 1.807) is 23.9 Å². The molecular formula is C9H8N6S. The molecule has 6 nitrogen and oxygen atoms in total. The summed E-state index contributed by atoms with van der Waals surface area (Å²) in [6.07, 6.45) is 4.88. The fourth-order valence-corrected chi connectivity index (χ4v) is 1.95. The van der Waals surface area contributed by atoms with E-state index in [1.807, 2.05) is 5.38 Å². The monoisotopic (exact) mass is 232 g/mol. The third-order valence-corrected chi connectivity index (χ3v) is 2.89. The Morgan fingerprint density at radius 3 is 3.12 bits per heavy atom. The second kappa shape index (κ2) is 3.86. The number of aromatic nitrogens is 5. The van der Waals surface area contributed by atoms with Gasteiger partial charge in [0.25, 0.3) is 0 Å². The molecular weight excluding hydrogens is 224 g/mol. The molecule has 0 aliphatic heterocycles. The van der Waals surface area contributed by atoms with Gasteiger partial charge in [-0.25, -0.2) is 19.9 Å². The highest BCUT2D eigenvalue weighted by Gasteiger charge is 2.05. The Balaban J connectivity index is 1.86.